The molecule has 128 valence electrons. The van der Waals surface area contributed by atoms with Gasteiger partial charge in [0, 0.05) is 24.8 Å². The Balaban J connectivity index is 2.12. The number of hydrogen-bond acceptors (Lipinski definition) is 6. The van der Waals surface area contributed by atoms with Crippen LogP contribution in [0.1, 0.15) is 44.0 Å². The lowest BCUT2D eigenvalue weighted by atomic mass is 9.96. The van der Waals surface area contributed by atoms with Crippen LogP contribution in [-0.4, -0.2) is 38.4 Å². The summed E-state index contributed by atoms with van der Waals surface area (Å²) in [5.74, 6) is -0.106. The van der Waals surface area contributed by atoms with Gasteiger partial charge in [-0.05, 0) is 24.8 Å². The van der Waals surface area contributed by atoms with Crippen LogP contribution in [0.4, 0.5) is 0 Å². The summed E-state index contributed by atoms with van der Waals surface area (Å²) >= 11 is 1.60. The largest absolute Gasteiger partial charge is 0.319 e. The molecule has 5 nitrogen and oxygen atoms in total. The van der Waals surface area contributed by atoms with E-state index in [1.54, 1.807) is 28.2 Å². The third-order valence-electron chi connectivity index (χ3n) is 4.77. The third-order valence-corrected chi connectivity index (χ3v) is 9.50. The molecule has 0 aliphatic carbocycles. The average molecular weight is 382 g/mol. The Bertz CT molecular complexity index is 702. The molecule has 8 heteroatoms. The fourth-order valence-electron chi connectivity index (χ4n) is 3.29. The molecule has 2 bridgehead atoms. The van der Waals surface area contributed by atoms with Crippen LogP contribution in [-0.2, 0) is 9.59 Å². The summed E-state index contributed by atoms with van der Waals surface area (Å²) in [7, 11) is 4.58. The number of nitrogens with zero attached hydrogens (tertiary/aromatic N) is 3. The molecule has 24 heavy (non-hydrogen) atoms. The van der Waals surface area contributed by atoms with E-state index in [2.05, 4.69) is 6.07 Å². The number of carbonyl (C=O) groups excluding carboxylic acids is 2. The topological polar surface area (TPSA) is 64.4 Å². The minimum atomic E-state index is -0.991. The maximum Gasteiger partial charge on any atom is 0.261 e. The van der Waals surface area contributed by atoms with Crippen molar-refractivity contribution in [3.8, 4) is 6.07 Å². The average Bonchev–Trinajstić information content (AvgIpc) is 3.10. The molecule has 3 aliphatic heterocycles. The van der Waals surface area contributed by atoms with Crippen LogP contribution in [0.15, 0.2) is 17.5 Å². The van der Waals surface area contributed by atoms with Gasteiger partial charge >= 0.3 is 0 Å². The van der Waals surface area contributed by atoms with Crippen molar-refractivity contribution < 1.29 is 9.59 Å². The van der Waals surface area contributed by atoms with Crippen molar-refractivity contribution in [2.45, 2.75) is 48.9 Å². The van der Waals surface area contributed by atoms with Crippen molar-refractivity contribution in [3.05, 3.63) is 22.4 Å². The van der Waals surface area contributed by atoms with Crippen LogP contribution in [0.5, 0.6) is 0 Å². The Hall–Kier alpha value is -1.17. The molecule has 3 atom stereocenters. The second-order valence-corrected chi connectivity index (χ2v) is 9.85. The molecular weight excluding hydrogens is 362 g/mol. The number of thiophene rings is 1. The summed E-state index contributed by atoms with van der Waals surface area (Å²) in [4.78, 5) is 29.0. The van der Waals surface area contributed by atoms with Crippen molar-refractivity contribution >= 4 is 44.7 Å². The normalized spacial score (nSPS) is 30.6. The summed E-state index contributed by atoms with van der Waals surface area (Å²) in [5.41, 5.74) is 0. The van der Waals surface area contributed by atoms with Gasteiger partial charge in [0.15, 0.2) is 9.74 Å². The van der Waals surface area contributed by atoms with Gasteiger partial charge in [-0.3, -0.25) is 9.59 Å². The van der Waals surface area contributed by atoms with E-state index >= 15 is 0 Å². The second-order valence-electron chi connectivity index (χ2n) is 6.07. The van der Waals surface area contributed by atoms with E-state index in [1.807, 2.05) is 31.4 Å². The summed E-state index contributed by atoms with van der Waals surface area (Å²) in [6.45, 7) is 3.85. The van der Waals surface area contributed by atoms with Gasteiger partial charge in [-0.2, -0.15) is 5.26 Å². The predicted octanol–water partition coefficient (Wildman–Crippen LogP) is 3.61. The SMILES string of the molecule is CC[C@H](c1cccs1)N1C(=O)C2(C)SSC1(CCC#N)C(=O)N2C. The highest BCUT2D eigenvalue weighted by Gasteiger charge is 2.67. The van der Waals surface area contributed by atoms with Crippen LogP contribution in [0.3, 0.4) is 0 Å². The minimum Gasteiger partial charge on any atom is -0.319 e. The molecule has 4 rings (SSSR count). The molecule has 0 N–H and O–H groups in total. The number of hydrogen-bond donors (Lipinski definition) is 0. The monoisotopic (exact) mass is 381 g/mol. The Morgan fingerprint density at radius 1 is 1.33 bits per heavy atom. The number of amides is 2. The first-order valence-corrected chi connectivity index (χ1v) is 10.8. The summed E-state index contributed by atoms with van der Waals surface area (Å²) in [6, 6.07) is 5.98. The van der Waals surface area contributed by atoms with Crippen LogP contribution >= 0.6 is 32.9 Å². The second kappa shape index (κ2) is 6.28. The van der Waals surface area contributed by atoms with Crippen LogP contribution in [0, 0.1) is 11.3 Å². The number of nitriles is 1. The fraction of sp³-hybridized carbons (Fsp3) is 0.562. The molecular formula is C16H19N3O2S3. The summed E-state index contributed by atoms with van der Waals surface area (Å²) in [5, 5.41) is 11.1. The van der Waals surface area contributed by atoms with Gasteiger partial charge in [-0.1, -0.05) is 34.6 Å². The highest BCUT2D eigenvalue weighted by Crippen LogP contribution is 2.62. The van der Waals surface area contributed by atoms with Gasteiger partial charge in [-0.25, -0.2) is 0 Å². The first-order chi connectivity index (χ1) is 11.4. The lowest BCUT2D eigenvalue weighted by Crippen LogP contribution is -2.75. The zero-order valence-electron chi connectivity index (χ0n) is 13.8. The number of fused-ring (bicyclic) bond motifs is 3. The molecule has 0 radical (unpaired) electrons. The van der Waals surface area contributed by atoms with E-state index in [-0.39, 0.29) is 24.3 Å². The van der Waals surface area contributed by atoms with E-state index in [1.165, 1.54) is 21.6 Å². The maximum absolute atomic E-state index is 13.3. The molecule has 0 spiro atoms. The first-order valence-electron chi connectivity index (χ1n) is 7.81. The lowest BCUT2D eigenvalue weighted by Gasteiger charge is -2.60. The molecule has 2 amide bonds. The van der Waals surface area contributed by atoms with E-state index < -0.39 is 9.74 Å². The number of carbonyl (C=O) groups is 2. The number of rotatable bonds is 5. The maximum atomic E-state index is 13.3. The summed E-state index contributed by atoms with van der Waals surface area (Å²) < 4.78 is 0. The molecule has 0 saturated carbocycles. The van der Waals surface area contributed by atoms with Crippen LogP contribution in [0.2, 0.25) is 0 Å². The van der Waals surface area contributed by atoms with Crippen molar-refractivity contribution in [3.63, 3.8) is 0 Å². The van der Waals surface area contributed by atoms with Gasteiger partial charge < -0.3 is 9.80 Å². The molecule has 0 aromatic carbocycles. The molecule has 1 aromatic heterocycles. The Morgan fingerprint density at radius 3 is 2.67 bits per heavy atom. The molecule has 4 heterocycles. The fourth-order valence-corrected chi connectivity index (χ4v) is 7.69. The molecule has 3 aliphatic rings. The van der Waals surface area contributed by atoms with Crippen LogP contribution in [0.25, 0.3) is 0 Å². The lowest BCUT2D eigenvalue weighted by molar-refractivity contribution is -0.168. The number of piperazine rings is 1. The van der Waals surface area contributed by atoms with E-state index in [0.29, 0.717) is 6.42 Å². The molecule has 3 saturated heterocycles. The Labute approximate surface area is 153 Å². The van der Waals surface area contributed by atoms with Crippen molar-refractivity contribution in [2.75, 3.05) is 7.05 Å². The smallest absolute Gasteiger partial charge is 0.261 e. The Morgan fingerprint density at radius 2 is 2.08 bits per heavy atom. The first kappa shape index (κ1) is 17.6. The van der Waals surface area contributed by atoms with Gasteiger partial charge in [0.25, 0.3) is 11.8 Å². The van der Waals surface area contributed by atoms with E-state index in [0.717, 1.165) is 11.3 Å². The van der Waals surface area contributed by atoms with Gasteiger partial charge in [0.05, 0.1) is 12.1 Å². The predicted molar refractivity (Wildman–Crippen MR) is 98.1 cm³/mol. The van der Waals surface area contributed by atoms with Crippen molar-refractivity contribution in [1.82, 2.24) is 9.80 Å². The van der Waals surface area contributed by atoms with Crippen molar-refractivity contribution in [1.29, 1.82) is 5.26 Å². The van der Waals surface area contributed by atoms with E-state index in [4.69, 9.17) is 5.26 Å². The highest BCUT2D eigenvalue weighted by molar-refractivity contribution is 8.78. The Kier molecular flexibility index (Phi) is 4.62. The standard InChI is InChI=1S/C16H19N3O2S3/c1-4-11(12-7-5-10-22-12)19-13(20)15(2)18(3)14(21)16(19,24-23-15)8-6-9-17/h5,7,10-11H,4,6,8H2,1-3H3/t11-,15?,16?/m1/s1. The minimum absolute atomic E-state index is 0.0356. The van der Waals surface area contributed by atoms with Crippen LogP contribution < -0.4 is 0 Å². The van der Waals surface area contributed by atoms with Gasteiger partial charge in [0.1, 0.15) is 0 Å². The van der Waals surface area contributed by atoms with Gasteiger partial charge in [-0.15, -0.1) is 11.3 Å². The van der Waals surface area contributed by atoms with Crippen molar-refractivity contribution in [2.24, 2.45) is 0 Å². The number of likely N-dealkylation sites (N-methyl/N-ethyl adjacent to an activating group) is 1. The molecule has 2 unspecified atom stereocenters. The highest BCUT2D eigenvalue weighted by atomic mass is 33.1. The van der Waals surface area contributed by atoms with Gasteiger partial charge in [0.2, 0.25) is 0 Å². The zero-order valence-corrected chi connectivity index (χ0v) is 16.3. The van der Waals surface area contributed by atoms with E-state index in [9.17, 15) is 9.59 Å². The summed E-state index contributed by atoms with van der Waals surface area (Å²) in [6.07, 6.45) is 1.33. The molecule has 3 fully saturated rings. The third kappa shape index (κ3) is 2.29. The zero-order chi connectivity index (χ0) is 17.5. The molecule has 1 aromatic rings. The quantitative estimate of drug-likeness (QED) is 0.729.